The lowest BCUT2D eigenvalue weighted by Crippen LogP contribution is -1.94. The van der Waals surface area contributed by atoms with Crippen molar-refractivity contribution in [1.29, 1.82) is 0 Å². The van der Waals surface area contributed by atoms with Gasteiger partial charge in [-0.25, -0.2) is 4.98 Å². The summed E-state index contributed by atoms with van der Waals surface area (Å²) in [6.45, 7) is 0. The van der Waals surface area contributed by atoms with Crippen molar-refractivity contribution < 1.29 is 9.26 Å². The number of imidazole rings is 1. The average Bonchev–Trinajstić information content (AvgIpc) is 3.34. The first kappa shape index (κ1) is 17.4. The number of nitrogens with zero attached hydrogens (tertiary/aromatic N) is 4. The van der Waals surface area contributed by atoms with Crippen LogP contribution in [0.4, 0.5) is 0 Å². The van der Waals surface area contributed by atoms with Gasteiger partial charge in [0.2, 0.25) is 11.7 Å². The van der Waals surface area contributed by atoms with Gasteiger partial charge in [0.05, 0.1) is 24.8 Å². The van der Waals surface area contributed by atoms with Crippen molar-refractivity contribution >= 4 is 11.8 Å². The third-order valence-electron chi connectivity index (χ3n) is 4.14. The summed E-state index contributed by atoms with van der Waals surface area (Å²) in [5.41, 5.74) is 3.07. The van der Waals surface area contributed by atoms with E-state index in [1.807, 2.05) is 55.7 Å². The maximum Gasteiger partial charge on any atom is 0.237 e. The molecule has 27 heavy (non-hydrogen) atoms. The Hall–Kier alpha value is -3.06. The number of thioether (sulfide) groups is 1. The molecule has 0 saturated heterocycles. The average molecular weight is 378 g/mol. The molecule has 0 spiro atoms. The van der Waals surface area contributed by atoms with Crippen LogP contribution in [0.25, 0.3) is 22.6 Å². The molecule has 0 saturated carbocycles. The van der Waals surface area contributed by atoms with Crippen LogP contribution in [0.2, 0.25) is 0 Å². The lowest BCUT2D eigenvalue weighted by molar-refractivity contribution is 0.391. The number of benzene rings is 2. The normalized spacial score (nSPS) is 10.9. The highest BCUT2D eigenvalue weighted by Crippen LogP contribution is 2.27. The van der Waals surface area contributed by atoms with E-state index in [2.05, 4.69) is 31.8 Å². The van der Waals surface area contributed by atoms with Crippen molar-refractivity contribution in [1.82, 2.24) is 19.7 Å². The number of ether oxygens (including phenoxy) is 1. The summed E-state index contributed by atoms with van der Waals surface area (Å²) in [4.78, 5) is 8.99. The van der Waals surface area contributed by atoms with Gasteiger partial charge in [0.25, 0.3) is 0 Å². The third kappa shape index (κ3) is 3.73. The van der Waals surface area contributed by atoms with Gasteiger partial charge in [0, 0.05) is 12.6 Å². The molecule has 4 aromatic rings. The van der Waals surface area contributed by atoms with Crippen molar-refractivity contribution in [2.45, 2.75) is 10.9 Å². The number of hydrogen-bond donors (Lipinski definition) is 0. The van der Waals surface area contributed by atoms with Crippen LogP contribution in [0.1, 0.15) is 5.89 Å². The van der Waals surface area contributed by atoms with Crippen LogP contribution in [0, 0.1) is 0 Å². The van der Waals surface area contributed by atoms with Crippen molar-refractivity contribution in [2.75, 3.05) is 7.11 Å². The van der Waals surface area contributed by atoms with Gasteiger partial charge in [-0.3, -0.25) is 0 Å². The molecule has 0 N–H and O–H groups in total. The maximum absolute atomic E-state index is 5.39. The van der Waals surface area contributed by atoms with E-state index in [4.69, 9.17) is 9.26 Å². The highest BCUT2D eigenvalue weighted by atomic mass is 32.2. The fourth-order valence-corrected chi connectivity index (χ4v) is 3.51. The zero-order valence-electron chi connectivity index (χ0n) is 15.0. The molecule has 136 valence electrons. The molecule has 0 bridgehead atoms. The van der Waals surface area contributed by atoms with Crippen molar-refractivity contribution in [2.24, 2.45) is 7.05 Å². The van der Waals surface area contributed by atoms with E-state index < -0.39 is 0 Å². The standard InChI is InChI=1S/C20H18N4O2S/c1-24-17(14-7-4-3-5-8-14)12-21-20(24)27-13-18-22-19(23-26-18)15-9-6-10-16(11-15)25-2/h3-12H,13H2,1-2H3. The molecule has 4 rings (SSSR count). The van der Waals surface area contributed by atoms with E-state index in [-0.39, 0.29) is 0 Å². The molecule has 6 nitrogen and oxygen atoms in total. The van der Waals surface area contributed by atoms with E-state index >= 15 is 0 Å². The summed E-state index contributed by atoms with van der Waals surface area (Å²) in [5, 5.41) is 4.97. The zero-order valence-corrected chi connectivity index (χ0v) is 15.8. The fraction of sp³-hybridized carbons (Fsp3) is 0.150. The minimum Gasteiger partial charge on any atom is -0.497 e. The van der Waals surface area contributed by atoms with Crippen LogP contribution in [0.15, 0.2) is 70.5 Å². The molecule has 0 aliphatic carbocycles. The number of rotatable bonds is 6. The quantitative estimate of drug-likeness (QED) is 0.462. The highest BCUT2D eigenvalue weighted by Gasteiger charge is 2.13. The van der Waals surface area contributed by atoms with E-state index in [0.717, 1.165) is 27.7 Å². The molecular formula is C20H18N4O2S. The first-order chi connectivity index (χ1) is 13.2. The Bertz CT molecular complexity index is 1040. The van der Waals surface area contributed by atoms with Gasteiger partial charge >= 0.3 is 0 Å². The molecule has 2 heterocycles. The predicted molar refractivity (Wildman–Crippen MR) is 104 cm³/mol. The maximum atomic E-state index is 5.39. The molecule has 0 unspecified atom stereocenters. The Balaban J connectivity index is 1.47. The molecule has 0 aliphatic rings. The van der Waals surface area contributed by atoms with Crippen molar-refractivity contribution in [3.8, 4) is 28.4 Å². The van der Waals surface area contributed by atoms with Crippen molar-refractivity contribution in [3.63, 3.8) is 0 Å². The van der Waals surface area contributed by atoms with Gasteiger partial charge in [-0.05, 0) is 17.7 Å². The highest BCUT2D eigenvalue weighted by molar-refractivity contribution is 7.98. The van der Waals surface area contributed by atoms with Crippen LogP contribution < -0.4 is 4.74 Å². The molecule has 0 fully saturated rings. The van der Waals surface area contributed by atoms with E-state index in [1.165, 1.54) is 0 Å². The van der Waals surface area contributed by atoms with Gasteiger partial charge in [-0.1, -0.05) is 59.4 Å². The monoisotopic (exact) mass is 378 g/mol. The summed E-state index contributed by atoms with van der Waals surface area (Å²) in [6, 6.07) is 17.8. The summed E-state index contributed by atoms with van der Waals surface area (Å²) >= 11 is 1.56. The number of hydrogen-bond acceptors (Lipinski definition) is 6. The Kier molecular flexibility index (Phi) is 4.93. The zero-order chi connectivity index (χ0) is 18.6. The second-order valence-electron chi connectivity index (χ2n) is 5.88. The largest absolute Gasteiger partial charge is 0.497 e. The van der Waals surface area contributed by atoms with Crippen LogP contribution >= 0.6 is 11.8 Å². The molecule has 2 aromatic heterocycles. The lowest BCUT2D eigenvalue weighted by atomic mass is 10.2. The molecule has 0 atom stereocenters. The first-order valence-electron chi connectivity index (χ1n) is 8.41. The molecule has 7 heteroatoms. The minimum absolute atomic E-state index is 0.550. The summed E-state index contributed by atoms with van der Waals surface area (Å²) in [7, 11) is 3.64. The lowest BCUT2D eigenvalue weighted by Gasteiger charge is -2.04. The van der Waals surface area contributed by atoms with E-state index in [9.17, 15) is 0 Å². The smallest absolute Gasteiger partial charge is 0.237 e. The SMILES string of the molecule is COc1cccc(-c2noc(CSc3ncc(-c4ccccc4)n3C)n2)c1. The summed E-state index contributed by atoms with van der Waals surface area (Å²) in [6.07, 6.45) is 1.88. The van der Waals surface area contributed by atoms with Crippen LogP contribution in [0.3, 0.4) is 0 Å². The Labute approximate surface area is 161 Å². The van der Waals surface area contributed by atoms with Crippen LogP contribution in [-0.2, 0) is 12.8 Å². The van der Waals surface area contributed by atoms with Crippen LogP contribution in [-0.4, -0.2) is 26.8 Å². The van der Waals surface area contributed by atoms with Gasteiger partial charge in [-0.2, -0.15) is 4.98 Å². The Morgan fingerprint density at radius 2 is 1.89 bits per heavy atom. The topological polar surface area (TPSA) is 66.0 Å². The molecule has 0 radical (unpaired) electrons. The fourth-order valence-electron chi connectivity index (χ4n) is 2.72. The molecule has 0 aliphatic heterocycles. The van der Waals surface area contributed by atoms with E-state index in [1.54, 1.807) is 18.9 Å². The second-order valence-corrected chi connectivity index (χ2v) is 6.83. The third-order valence-corrected chi connectivity index (χ3v) is 5.16. The minimum atomic E-state index is 0.550. The summed E-state index contributed by atoms with van der Waals surface area (Å²) in [5.74, 6) is 2.42. The van der Waals surface area contributed by atoms with E-state index in [0.29, 0.717) is 17.5 Å². The summed E-state index contributed by atoms with van der Waals surface area (Å²) < 4.78 is 12.7. The molecule has 0 amide bonds. The van der Waals surface area contributed by atoms with Gasteiger partial charge in [-0.15, -0.1) is 0 Å². The molecular weight excluding hydrogens is 360 g/mol. The first-order valence-corrected chi connectivity index (χ1v) is 9.40. The predicted octanol–water partition coefficient (Wildman–Crippen LogP) is 4.44. The Morgan fingerprint density at radius 1 is 1.07 bits per heavy atom. The van der Waals surface area contributed by atoms with Gasteiger partial charge in [0.15, 0.2) is 5.16 Å². The second kappa shape index (κ2) is 7.67. The Morgan fingerprint density at radius 3 is 2.70 bits per heavy atom. The van der Waals surface area contributed by atoms with Gasteiger partial charge < -0.3 is 13.8 Å². The molecule has 2 aromatic carbocycles. The number of methoxy groups -OCH3 is 1. The van der Waals surface area contributed by atoms with Gasteiger partial charge in [0.1, 0.15) is 5.75 Å². The number of aromatic nitrogens is 4. The van der Waals surface area contributed by atoms with Crippen LogP contribution in [0.5, 0.6) is 5.75 Å². The van der Waals surface area contributed by atoms with Crippen molar-refractivity contribution in [3.05, 3.63) is 66.7 Å².